The summed E-state index contributed by atoms with van der Waals surface area (Å²) >= 11 is 7.69. The predicted octanol–water partition coefficient (Wildman–Crippen LogP) is 2.97. The minimum atomic E-state index is -1.12. The fourth-order valence-corrected chi connectivity index (χ4v) is 3.97. The minimum Gasteiger partial charge on any atom is -0.383 e. The van der Waals surface area contributed by atoms with E-state index in [2.05, 4.69) is 9.97 Å². The minimum absolute atomic E-state index is 0.200. The van der Waals surface area contributed by atoms with Gasteiger partial charge in [-0.1, -0.05) is 41.6 Å². The van der Waals surface area contributed by atoms with E-state index in [9.17, 15) is 9.90 Å². The van der Waals surface area contributed by atoms with Gasteiger partial charge in [0.25, 0.3) is 5.56 Å². The summed E-state index contributed by atoms with van der Waals surface area (Å²) in [5.74, 6) is 0. The fourth-order valence-electron chi connectivity index (χ4n) is 3.37. The molecule has 1 aromatic carbocycles. The molecule has 3 aromatic rings. The van der Waals surface area contributed by atoms with E-state index in [1.54, 1.807) is 41.2 Å². The van der Waals surface area contributed by atoms with Crippen molar-refractivity contribution in [3.63, 3.8) is 0 Å². The fraction of sp³-hybridized carbons (Fsp3) is 0.278. The molecule has 1 N–H and O–H groups in total. The first kappa shape index (κ1) is 17.3. The van der Waals surface area contributed by atoms with Crippen LogP contribution < -0.4 is 5.56 Å². The first-order valence-corrected chi connectivity index (χ1v) is 9.85. The van der Waals surface area contributed by atoms with Crippen molar-refractivity contribution >= 4 is 23.4 Å². The van der Waals surface area contributed by atoms with E-state index in [4.69, 9.17) is 11.6 Å². The lowest BCUT2D eigenvalue weighted by Crippen LogP contribution is -2.20. The van der Waals surface area contributed by atoms with Gasteiger partial charge < -0.3 is 5.11 Å². The first-order valence-electron chi connectivity index (χ1n) is 8.25. The number of aliphatic hydroxyl groups is 1. The van der Waals surface area contributed by atoms with Gasteiger partial charge in [0.1, 0.15) is 6.10 Å². The van der Waals surface area contributed by atoms with Crippen LogP contribution in [0.5, 0.6) is 0 Å². The smallest absolute Gasteiger partial charge is 0.273 e. The molecule has 0 saturated heterocycles. The maximum Gasteiger partial charge on any atom is 0.273 e. The Morgan fingerprint density at radius 1 is 1.23 bits per heavy atom. The highest BCUT2D eigenvalue weighted by Crippen LogP contribution is 2.34. The Kier molecular flexibility index (Phi) is 4.60. The SMILES string of the molecule is CSc1nccc(-c2c(C(O)c3ccccc3Cl)c(=O)n3n2CCC3)n1. The quantitative estimate of drug-likeness (QED) is 0.549. The Morgan fingerprint density at radius 3 is 2.77 bits per heavy atom. The summed E-state index contributed by atoms with van der Waals surface area (Å²) in [5, 5.41) is 12.1. The maximum absolute atomic E-state index is 13.0. The van der Waals surface area contributed by atoms with E-state index in [1.807, 2.05) is 10.9 Å². The van der Waals surface area contributed by atoms with Gasteiger partial charge in [-0.3, -0.25) is 9.48 Å². The number of aromatic nitrogens is 4. The lowest BCUT2D eigenvalue weighted by Gasteiger charge is -2.14. The molecule has 0 bridgehead atoms. The molecule has 4 rings (SSSR count). The van der Waals surface area contributed by atoms with Crippen LogP contribution in [0.3, 0.4) is 0 Å². The second-order valence-corrected chi connectivity index (χ2v) is 7.20. The lowest BCUT2D eigenvalue weighted by atomic mass is 10.00. The summed E-state index contributed by atoms with van der Waals surface area (Å²) in [6.07, 6.45) is 3.33. The topological polar surface area (TPSA) is 72.9 Å². The number of nitrogens with zero attached hydrogens (tertiary/aromatic N) is 4. The number of halogens is 1. The first-order chi connectivity index (χ1) is 12.6. The summed E-state index contributed by atoms with van der Waals surface area (Å²) in [4.78, 5) is 21.8. The molecule has 0 radical (unpaired) electrons. The van der Waals surface area contributed by atoms with Gasteiger partial charge in [0.05, 0.1) is 17.0 Å². The van der Waals surface area contributed by atoms with Crippen molar-refractivity contribution in [3.8, 4) is 11.4 Å². The summed E-state index contributed by atoms with van der Waals surface area (Å²) in [6.45, 7) is 1.33. The van der Waals surface area contributed by atoms with Gasteiger partial charge in [-0.15, -0.1) is 0 Å². The van der Waals surface area contributed by atoms with Crippen molar-refractivity contribution in [1.29, 1.82) is 0 Å². The van der Waals surface area contributed by atoms with Crippen LogP contribution >= 0.6 is 23.4 Å². The summed E-state index contributed by atoms with van der Waals surface area (Å²) in [6, 6.07) is 8.79. The highest BCUT2D eigenvalue weighted by Gasteiger charge is 2.30. The zero-order valence-electron chi connectivity index (χ0n) is 14.1. The zero-order valence-corrected chi connectivity index (χ0v) is 15.7. The number of hydrogen-bond acceptors (Lipinski definition) is 5. The molecule has 1 aliphatic rings. The highest BCUT2D eigenvalue weighted by molar-refractivity contribution is 7.98. The van der Waals surface area contributed by atoms with E-state index in [0.717, 1.165) is 6.42 Å². The van der Waals surface area contributed by atoms with E-state index in [-0.39, 0.29) is 5.56 Å². The van der Waals surface area contributed by atoms with Crippen molar-refractivity contribution < 1.29 is 5.11 Å². The third-order valence-electron chi connectivity index (χ3n) is 4.54. The van der Waals surface area contributed by atoms with Crippen LogP contribution in [0.2, 0.25) is 5.02 Å². The van der Waals surface area contributed by atoms with Crippen LogP contribution in [0.15, 0.2) is 46.5 Å². The Balaban J connectivity index is 1.95. The molecule has 2 aromatic heterocycles. The van der Waals surface area contributed by atoms with Gasteiger partial charge in [0, 0.05) is 29.9 Å². The van der Waals surface area contributed by atoms with Crippen molar-refractivity contribution in [1.82, 2.24) is 19.3 Å². The number of aliphatic hydroxyl groups excluding tert-OH is 1. The largest absolute Gasteiger partial charge is 0.383 e. The molecule has 0 aliphatic carbocycles. The third-order valence-corrected chi connectivity index (χ3v) is 5.45. The molecule has 8 heteroatoms. The maximum atomic E-state index is 13.0. The van der Waals surface area contributed by atoms with Crippen molar-refractivity contribution in [2.24, 2.45) is 0 Å². The van der Waals surface area contributed by atoms with E-state index in [1.165, 1.54) is 11.8 Å². The second kappa shape index (κ2) is 6.90. The van der Waals surface area contributed by atoms with Crippen molar-refractivity contribution in [2.45, 2.75) is 30.8 Å². The number of fused-ring (bicyclic) bond motifs is 1. The van der Waals surface area contributed by atoms with Gasteiger partial charge in [-0.25, -0.2) is 14.6 Å². The van der Waals surface area contributed by atoms with Gasteiger partial charge in [-0.2, -0.15) is 0 Å². The van der Waals surface area contributed by atoms with Crippen LogP contribution in [0.25, 0.3) is 11.4 Å². The van der Waals surface area contributed by atoms with Crippen LogP contribution in [-0.2, 0) is 13.1 Å². The number of hydrogen-bond donors (Lipinski definition) is 1. The summed E-state index contributed by atoms with van der Waals surface area (Å²) < 4.78 is 3.58. The van der Waals surface area contributed by atoms with Crippen LogP contribution in [0.4, 0.5) is 0 Å². The van der Waals surface area contributed by atoms with Crippen molar-refractivity contribution in [3.05, 3.63) is 63.0 Å². The van der Waals surface area contributed by atoms with Crippen LogP contribution in [-0.4, -0.2) is 30.7 Å². The van der Waals surface area contributed by atoms with Gasteiger partial charge in [0.15, 0.2) is 5.16 Å². The van der Waals surface area contributed by atoms with E-state index < -0.39 is 6.10 Å². The molecule has 1 aliphatic heterocycles. The van der Waals surface area contributed by atoms with Gasteiger partial charge in [-0.05, 0) is 24.8 Å². The normalized spacial score (nSPS) is 14.4. The zero-order chi connectivity index (χ0) is 18.3. The molecule has 3 heterocycles. The standard InChI is InChI=1S/C18H17ClN4O2S/c1-26-18-20-8-7-13(21-18)15-14(17(25)23-10-4-9-22(15)23)16(24)11-5-2-3-6-12(11)19/h2-3,5-8,16,24H,4,9-10H2,1H3. The molecule has 6 nitrogen and oxygen atoms in total. The van der Waals surface area contributed by atoms with E-state index in [0.29, 0.717) is 45.8 Å². The molecule has 134 valence electrons. The van der Waals surface area contributed by atoms with Crippen LogP contribution in [0.1, 0.15) is 23.7 Å². The predicted molar refractivity (Wildman–Crippen MR) is 102 cm³/mol. The average molecular weight is 389 g/mol. The molecule has 26 heavy (non-hydrogen) atoms. The second-order valence-electron chi connectivity index (χ2n) is 6.02. The summed E-state index contributed by atoms with van der Waals surface area (Å²) in [7, 11) is 0. The number of thioether (sulfide) groups is 1. The molecule has 0 amide bonds. The van der Waals surface area contributed by atoms with E-state index >= 15 is 0 Å². The molecular weight excluding hydrogens is 372 g/mol. The molecule has 0 fully saturated rings. The van der Waals surface area contributed by atoms with Crippen molar-refractivity contribution in [2.75, 3.05) is 6.26 Å². The third kappa shape index (κ3) is 2.76. The Hall–Kier alpha value is -2.09. The molecule has 0 saturated carbocycles. The monoisotopic (exact) mass is 388 g/mol. The molecule has 1 atom stereocenters. The average Bonchev–Trinajstić information content (AvgIpc) is 3.24. The van der Waals surface area contributed by atoms with Gasteiger partial charge >= 0.3 is 0 Å². The summed E-state index contributed by atoms with van der Waals surface area (Å²) in [5.41, 5.74) is 1.88. The number of rotatable bonds is 4. The lowest BCUT2D eigenvalue weighted by molar-refractivity contribution is 0.219. The van der Waals surface area contributed by atoms with Gasteiger partial charge in [0.2, 0.25) is 0 Å². The van der Waals surface area contributed by atoms with Crippen LogP contribution in [0, 0.1) is 0 Å². The molecule has 1 unspecified atom stereocenters. The molecular formula is C18H17ClN4O2S. The Morgan fingerprint density at radius 2 is 2.00 bits per heavy atom. The highest BCUT2D eigenvalue weighted by atomic mass is 35.5. The Bertz CT molecular complexity index is 1030. The molecule has 0 spiro atoms. The Labute approximate surface area is 159 Å². The number of benzene rings is 1.